The van der Waals surface area contributed by atoms with Crippen LogP contribution in [0.25, 0.3) is 0 Å². The van der Waals surface area contributed by atoms with E-state index in [1.807, 2.05) is 0 Å². The van der Waals surface area contributed by atoms with Gasteiger partial charge in [0.1, 0.15) is 5.76 Å². The summed E-state index contributed by atoms with van der Waals surface area (Å²) in [6, 6.07) is 6.97. The highest BCUT2D eigenvalue weighted by atomic mass is 32.1. The number of ketones is 1. The lowest BCUT2D eigenvalue weighted by molar-refractivity contribution is -0.113. The summed E-state index contributed by atoms with van der Waals surface area (Å²) in [4.78, 5) is 11.9. The fourth-order valence-electron chi connectivity index (χ4n) is 1.02. The molecule has 1 aromatic carbocycles. The van der Waals surface area contributed by atoms with Crippen molar-refractivity contribution in [2.75, 3.05) is 0 Å². The second kappa shape index (κ2) is 5.46. The Labute approximate surface area is 99.1 Å². The van der Waals surface area contributed by atoms with Crippen molar-refractivity contribution in [1.29, 1.82) is 0 Å². The first kappa shape index (κ1) is 12.4. The average Bonchev–Trinajstić information content (AvgIpc) is 2.20. The lowest BCUT2D eigenvalue weighted by atomic mass is 10.3. The van der Waals surface area contributed by atoms with Crippen molar-refractivity contribution in [2.45, 2.75) is 18.7 Å². The van der Waals surface area contributed by atoms with Crippen LogP contribution in [0.1, 0.15) is 13.8 Å². The van der Waals surface area contributed by atoms with Crippen molar-refractivity contribution in [3.8, 4) is 0 Å². The molecule has 1 aromatic rings. The molecule has 4 nitrogen and oxygen atoms in total. The Bertz CT molecular complexity index is 446. The predicted molar refractivity (Wildman–Crippen MR) is 64.2 cm³/mol. The van der Waals surface area contributed by atoms with Crippen LogP contribution in [0.4, 0.5) is 5.69 Å². The molecule has 16 heavy (non-hydrogen) atoms. The molecule has 84 valence electrons. The van der Waals surface area contributed by atoms with Crippen LogP contribution in [-0.4, -0.2) is 10.9 Å². The van der Waals surface area contributed by atoms with E-state index in [1.165, 1.54) is 13.8 Å². The fourth-order valence-corrected chi connectivity index (χ4v) is 1.17. The third kappa shape index (κ3) is 3.51. The number of nitrogens with zero attached hydrogens (tertiary/aromatic N) is 2. The van der Waals surface area contributed by atoms with Gasteiger partial charge in [0.2, 0.25) is 0 Å². The van der Waals surface area contributed by atoms with Crippen molar-refractivity contribution >= 4 is 24.1 Å². The first-order valence-corrected chi connectivity index (χ1v) is 5.07. The molecule has 0 saturated heterocycles. The number of allylic oxidation sites excluding steroid dienone is 2. The summed E-state index contributed by atoms with van der Waals surface area (Å²) in [5, 5.41) is 16.7. The van der Waals surface area contributed by atoms with Gasteiger partial charge in [-0.25, -0.2) is 0 Å². The Morgan fingerprint density at radius 3 is 2.25 bits per heavy atom. The molecule has 0 unspecified atom stereocenters. The molecule has 5 heteroatoms. The summed E-state index contributed by atoms with van der Waals surface area (Å²) in [6.45, 7) is 2.72. The highest BCUT2D eigenvalue weighted by Gasteiger charge is 2.06. The molecule has 0 saturated carbocycles. The number of carbonyl (C=O) groups excluding carboxylic acids is 1. The van der Waals surface area contributed by atoms with Crippen molar-refractivity contribution < 1.29 is 9.90 Å². The van der Waals surface area contributed by atoms with E-state index in [9.17, 15) is 9.90 Å². The lowest BCUT2D eigenvalue weighted by Gasteiger charge is -1.97. The zero-order valence-corrected chi connectivity index (χ0v) is 9.90. The molecule has 1 rings (SSSR count). The molecule has 0 aliphatic rings. The number of aliphatic hydroxyl groups excluding tert-OH is 1. The maximum atomic E-state index is 11.1. The highest BCUT2D eigenvalue weighted by molar-refractivity contribution is 7.80. The highest BCUT2D eigenvalue weighted by Crippen LogP contribution is 2.17. The minimum atomic E-state index is -0.324. The van der Waals surface area contributed by atoms with E-state index in [1.54, 1.807) is 24.3 Å². The summed E-state index contributed by atoms with van der Waals surface area (Å²) in [5.41, 5.74) is 0.563. The first-order chi connectivity index (χ1) is 7.50. The van der Waals surface area contributed by atoms with E-state index in [0.717, 1.165) is 4.90 Å². The maximum Gasteiger partial charge on any atom is 0.183 e. The van der Waals surface area contributed by atoms with Gasteiger partial charge in [-0.3, -0.25) is 4.79 Å². The van der Waals surface area contributed by atoms with E-state index < -0.39 is 0 Å². The fraction of sp³-hybridized carbons (Fsp3) is 0.182. The largest absolute Gasteiger partial charge is 0.510 e. The van der Waals surface area contributed by atoms with Gasteiger partial charge in [-0.1, -0.05) is 0 Å². The number of hydrogen-bond donors (Lipinski definition) is 2. The van der Waals surface area contributed by atoms with Gasteiger partial charge < -0.3 is 5.11 Å². The van der Waals surface area contributed by atoms with Crippen LogP contribution in [-0.2, 0) is 4.79 Å². The van der Waals surface area contributed by atoms with Crippen LogP contribution in [0.2, 0.25) is 0 Å². The van der Waals surface area contributed by atoms with Crippen LogP contribution < -0.4 is 0 Å². The molecule has 0 radical (unpaired) electrons. The van der Waals surface area contributed by atoms with Crippen molar-refractivity contribution in [2.24, 2.45) is 10.2 Å². The Morgan fingerprint density at radius 1 is 1.25 bits per heavy atom. The minimum absolute atomic E-state index is 0.0325. The lowest BCUT2D eigenvalue weighted by Crippen LogP contribution is -1.96. The summed E-state index contributed by atoms with van der Waals surface area (Å²) in [7, 11) is 0. The van der Waals surface area contributed by atoms with Crippen LogP contribution in [0, 0.1) is 0 Å². The second-order valence-corrected chi connectivity index (χ2v) is 3.72. The molecule has 0 fully saturated rings. The smallest absolute Gasteiger partial charge is 0.183 e. The summed E-state index contributed by atoms with van der Waals surface area (Å²) in [6.07, 6.45) is 0. The molecule has 0 bridgehead atoms. The Morgan fingerprint density at radius 2 is 1.81 bits per heavy atom. The third-order valence-corrected chi connectivity index (χ3v) is 2.09. The van der Waals surface area contributed by atoms with E-state index >= 15 is 0 Å². The summed E-state index contributed by atoms with van der Waals surface area (Å²) in [5.74, 6) is -0.461. The Hall–Kier alpha value is -1.62. The van der Waals surface area contributed by atoms with Gasteiger partial charge >= 0.3 is 0 Å². The van der Waals surface area contributed by atoms with Crippen LogP contribution in [0.15, 0.2) is 50.8 Å². The SMILES string of the molecule is CC(=O)C(N=Nc1ccc(S)cc1)=C(C)O. The van der Waals surface area contributed by atoms with E-state index in [2.05, 4.69) is 22.9 Å². The normalized spacial score (nSPS) is 12.7. The monoisotopic (exact) mass is 236 g/mol. The molecular weight excluding hydrogens is 224 g/mol. The summed E-state index contributed by atoms with van der Waals surface area (Å²) >= 11 is 4.13. The van der Waals surface area contributed by atoms with E-state index in [-0.39, 0.29) is 17.2 Å². The van der Waals surface area contributed by atoms with E-state index in [4.69, 9.17) is 0 Å². The van der Waals surface area contributed by atoms with Gasteiger partial charge in [0, 0.05) is 11.8 Å². The number of carbonyl (C=O) groups is 1. The zero-order valence-electron chi connectivity index (χ0n) is 9.01. The molecule has 0 aliphatic carbocycles. The minimum Gasteiger partial charge on any atom is -0.510 e. The van der Waals surface area contributed by atoms with Crippen molar-refractivity contribution in [3.63, 3.8) is 0 Å². The number of azo groups is 1. The third-order valence-electron chi connectivity index (χ3n) is 1.79. The summed E-state index contributed by atoms with van der Waals surface area (Å²) < 4.78 is 0. The average molecular weight is 236 g/mol. The molecule has 0 amide bonds. The number of Topliss-reactive ketones (excluding diaryl/α,β-unsaturated/α-hetero) is 1. The van der Waals surface area contributed by atoms with Gasteiger partial charge in [-0.15, -0.1) is 17.7 Å². The molecule has 0 heterocycles. The van der Waals surface area contributed by atoms with Gasteiger partial charge in [0.25, 0.3) is 0 Å². The molecule has 0 aliphatic heterocycles. The molecule has 0 spiro atoms. The molecule has 0 aromatic heterocycles. The van der Waals surface area contributed by atoms with Crippen LogP contribution in [0.5, 0.6) is 0 Å². The topological polar surface area (TPSA) is 62.0 Å². The van der Waals surface area contributed by atoms with Crippen molar-refractivity contribution in [1.82, 2.24) is 0 Å². The maximum absolute atomic E-state index is 11.1. The zero-order chi connectivity index (χ0) is 12.1. The number of hydrogen-bond acceptors (Lipinski definition) is 5. The van der Waals surface area contributed by atoms with Gasteiger partial charge in [-0.05, 0) is 31.2 Å². The molecule has 1 N–H and O–H groups in total. The van der Waals surface area contributed by atoms with Crippen LogP contribution in [0.3, 0.4) is 0 Å². The van der Waals surface area contributed by atoms with E-state index in [0.29, 0.717) is 5.69 Å². The van der Waals surface area contributed by atoms with Gasteiger partial charge in [-0.2, -0.15) is 5.11 Å². The standard InChI is InChI=1S/C11H12N2O2S/c1-7(14)11(8(2)15)13-12-9-3-5-10(16)6-4-9/h3-6,14,16H,1-2H3. The van der Waals surface area contributed by atoms with Crippen LogP contribution >= 0.6 is 12.6 Å². The number of thiol groups is 1. The first-order valence-electron chi connectivity index (χ1n) is 4.62. The Balaban J connectivity index is 2.92. The quantitative estimate of drug-likeness (QED) is 0.365. The number of aliphatic hydroxyl groups is 1. The van der Waals surface area contributed by atoms with Gasteiger partial charge in [0.05, 0.1) is 5.69 Å². The second-order valence-electron chi connectivity index (χ2n) is 3.21. The number of benzene rings is 1. The van der Waals surface area contributed by atoms with Crippen molar-refractivity contribution in [3.05, 3.63) is 35.7 Å². The molecule has 0 atom stereocenters. The number of rotatable bonds is 3. The van der Waals surface area contributed by atoms with Gasteiger partial charge in [0.15, 0.2) is 11.5 Å². The molecular formula is C11H12N2O2S. The Kier molecular flexibility index (Phi) is 4.25. The predicted octanol–water partition coefficient (Wildman–Crippen LogP) is 3.44.